The van der Waals surface area contributed by atoms with Gasteiger partial charge in [-0.25, -0.2) is 0 Å². The lowest BCUT2D eigenvalue weighted by Gasteiger charge is -2.20. The number of rotatable bonds is 0. The lowest BCUT2D eigenvalue weighted by atomic mass is 9.85. The number of benzene rings is 7. The standard InChI is InChI=1S/C42H20N4/c1-17-11-19-3-5-23-35-31(19)27(17)13-43-39(35)25-9-7-21-30-16-46-42-24-6-4-20-12-18(2)28-14-44-40(36(24)32(20)28)26-10-8-22(34(30)38(26)42)29-15-45-41(23)37(25)33(21)29/h3-10,13-16H,1-2,11-12H2. The maximum Gasteiger partial charge on any atom is 0.0794 e. The van der Waals surface area contributed by atoms with Crippen molar-refractivity contribution in [3.63, 3.8) is 0 Å². The average molecular weight is 581 g/mol. The molecule has 0 bridgehead atoms. The van der Waals surface area contributed by atoms with Crippen molar-refractivity contribution in [1.29, 1.82) is 0 Å². The van der Waals surface area contributed by atoms with Crippen LogP contribution in [0.1, 0.15) is 22.3 Å². The van der Waals surface area contributed by atoms with Gasteiger partial charge in [0.1, 0.15) is 0 Å². The molecule has 0 amide bonds. The first-order valence-electron chi connectivity index (χ1n) is 15.8. The first-order valence-corrected chi connectivity index (χ1v) is 15.8. The highest BCUT2D eigenvalue weighted by Gasteiger charge is 2.28. The Kier molecular flexibility index (Phi) is 3.40. The lowest BCUT2D eigenvalue weighted by Crippen LogP contribution is -1.97. The minimum absolute atomic E-state index is 0.884. The molecule has 2 aliphatic rings. The molecule has 46 heavy (non-hydrogen) atoms. The Balaban J connectivity index is 1.26. The zero-order valence-corrected chi connectivity index (χ0v) is 24.5. The molecular formula is C42H20N4. The van der Waals surface area contributed by atoms with Gasteiger partial charge in [-0.3, -0.25) is 19.9 Å². The molecular weight excluding hydrogens is 560 g/mol. The molecule has 0 aliphatic heterocycles. The maximum absolute atomic E-state index is 5.26. The van der Waals surface area contributed by atoms with Crippen LogP contribution in [0.25, 0.3) is 119 Å². The molecule has 0 saturated carbocycles. The van der Waals surface area contributed by atoms with Crippen LogP contribution in [0.5, 0.6) is 0 Å². The second-order valence-corrected chi connectivity index (χ2v) is 13.5. The molecule has 4 heteroatoms. The van der Waals surface area contributed by atoms with Gasteiger partial charge >= 0.3 is 0 Å². The van der Waals surface area contributed by atoms with Gasteiger partial charge in [-0.05, 0) is 56.7 Å². The van der Waals surface area contributed by atoms with E-state index in [1.54, 1.807) is 0 Å². The van der Waals surface area contributed by atoms with Gasteiger partial charge in [0.15, 0.2) is 0 Å². The molecule has 2 aliphatic carbocycles. The second-order valence-electron chi connectivity index (χ2n) is 13.5. The van der Waals surface area contributed by atoms with Crippen molar-refractivity contribution in [3.8, 4) is 0 Å². The summed E-state index contributed by atoms with van der Waals surface area (Å²) in [5, 5.41) is 19.3. The normalized spacial score (nSPS) is 14.9. The van der Waals surface area contributed by atoms with E-state index in [-0.39, 0.29) is 0 Å². The van der Waals surface area contributed by atoms with Crippen LogP contribution in [0.4, 0.5) is 0 Å². The third-order valence-electron chi connectivity index (χ3n) is 11.5. The summed E-state index contributed by atoms with van der Waals surface area (Å²) >= 11 is 0. The summed E-state index contributed by atoms with van der Waals surface area (Å²) in [6.07, 6.45) is 10.0. The molecule has 0 unspecified atom stereocenters. The summed E-state index contributed by atoms with van der Waals surface area (Å²) in [4.78, 5) is 20.7. The van der Waals surface area contributed by atoms with Crippen LogP contribution in [-0.2, 0) is 12.8 Å². The van der Waals surface area contributed by atoms with Crippen molar-refractivity contribution in [2.45, 2.75) is 12.8 Å². The van der Waals surface area contributed by atoms with E-state index in [0.717, 1.165) is 67.6 Å². The summed E-state index contributed by atoms with van der Waals surface area (Å²) in [5.74, 6) is 0. The van der Waals surface area contributed by atoms with Crippen LogP contribution in [0, 0.1) is 0 Å². The Bertz CT molecular complexity index is 2990. The fraction of sp³-hybridized carbons (Fsp3) is 0.0476. The number of hydrogen-bond donors (Lipinski definition) is 0. The first-order chi connectivity index (χ1) is 22.7. The molecule has 0 saturated heterocycles. The summed E-state index contributed by atoms with van der Waals surface area (Å²) in [7, 11) is 0. The van der Waals surface area contributed by atoms with Gasteiger partial charge in [-0.15, -0.1) is 0 Å². The Hall–Kier alpha value is -6.00. The molecule has 4 heterocycles. The molecule has 4 aromatic heterocycles. The number of aromatic nitrogens is 4. The van der Waals surface area contributed by atoms with E-state index in [0.29, 0.717) is 0 Å². The minimum atomic E-state index is 0.884. The van der Waals surface area contributed by atoms with Crippen LogP contribution in [-0.4, -0.2) is 19.9 Å². The van der Waals surface area contributed by atoms with E-state index in [1.807, 2.05) is 12.4 Å². The quantitative estimate of drug-likeness (QED) is 0.132. The predicted octanol–water partition coefficient (Wildman–Crippen LogP) is 10.3. The molecule has 0 N–H and O–H groups in total. The zero-order valence-electron chi connectivity index (χ0n) is 24.5. The molecule has 11 aromatic rings. The van der Waals surface area contributed by atoms with Crippen molar-refractivity contribution in [2.24, 2.45) is 0 Å². The van der Waals surface area contributed by atoms with Gasteiger partial charge in [-0.1, -0.05) is 61.7 Å². The SMILES string of the molecule is C=C1Cc2ccc3c4ncc5c6ccc7c8ncc9c%10c(ccc(c%11ncc(c%12ccc(c%13ncc1c2c3%13)c4c%125)c6c7%11)c%108)CC9=C. The number of nitrogens with zero attached hydrogens (tertiary/aromatic N) is 4. The minimum Gasteiger partial charge on any atom is -0.255 e. The van der Waals surface area contributed by atoms with E-state index in [9.17, 15) is 0 Å². The topological polar surface area (TPSA) is 51.6 Å². The van der Waals surface area contributed by atoms with E-state index in [4.69, 9.17) is 19.9 Å². The van der Waals surface area contributed by atoms with Crippen molar-refractivity contribution < 1.29 is 0 Å². The van der Waals surface area contributed by atoms with E-state index >= 15 is 0 Å². The van der Waals surface area contributed by atoms with Gasteiger partial charge in [-0.2, -0.15) is 0 Å². The molecule has 4 nitrogen and oxygen atoms in total. The summed E-state index contributed by atoms with van der Waals surface area (Å²) in [5.41, 5.74) is 11.5. The molecule has 0 atom stereocenters. The summed E-state index contributed by atoms with van der Waals surface area (Å²) in [6, 6.07) is 18.1. The van der Waals surface area contributed by atoms with Crippen LogP contribution in [0.2, 0.25) is 0 Å². The Morgan fingerprint density at radius 2 is 0.696 bits per heavy atom. The maximum atomic E-state index is 5.26. The van der Waals surface area contributed by atoms with Crippen LogP contribution in [0.15, 0.2) is 86.5 Å². The number of pyridine rings is 4. The highest BCUT2D eigenvalue weighted by molar-refractivity contribution is 6.45. The molecule has 13 rings (SSSR count). The lowest BCUT2D eigenvalue weighted by molar-refractivity contribution is 1.38. The van der Waals surface area contributed by atoms with E-state index < -0.39 is 0 Å². The zero-order chi connectivity index (χ0) is 29.7. The number of hydrogen-bond acceptors (Lipinski definition) is 4. The highest BCUT2D eigenvalue weighted by Crippen LogP contribution is 2.51. The molecule has 7 aromatic carbocycles. The molecule has 0 radical (unpaired) electrons. The Morgan fingerprint density at radius 3 is 1.13 bits per heavy atom. The van der Waals surface area contributed by atoms with E-state index in [2.05, 4.69) is 74.1 Å². The highest BCUT2D eigenvalue weighted by atomic mass is 14.7. The fourth-order valence-corrected chi connectivity index (χ4v) is 9.63. The number of fused-ring (bicyclic) bond motifs is 6. The summed E-state index contributed by atoms with van der Waals surface area (Å²) in [6.45, 7) is 8.70. The third-order valence-corrected chi connectivity index (χ3v) is 11.5. The van der Waals surface area contributed by atoms with Crippen LogP contribution < -0.4 is 0 Å². The van der Waals surface area contributed by atoms with Gasteiger partial charge in [0.05, 0.1) is 22.1 Å². The molecule has 0 fully saturated rings. The Morgan fingerprint density at radius 1 is 0.348 bits per heavy atom. The molecule has 208 valence electrons. The van der Waals surface area contributed by atoms with Gasteiger partial charge in [0.25, 0.3) is 0 Å². The van der Waals surface area contributed by atoms with Crippen molar-refractivity contribution >= 4 is 119 Å². The van der Waals surface area contributed by atoms with Crippen LogP contribution in [0.3, 0.4) is 0 Å². The number of allylic oxidation sites excluding steroid dienone is 2. The largest absolute Gasteiger partial charge is 0.255 e. The van der Waals surface area contributed by atoms with Gasteiger partial charge in [0, 0.05) is 101 Å². The van der Waals surface area contributed by atoms with Gasteiger partial charge < -0.3 is 0 Å². The van der Waals surface area contributed by atoms with E-state index in [1.165, 1.54) is 86.9 Å². The fourth-order valence-electron chi connectivity index (χ4n) is 9.63. The smallest absolute Gasteiger partial charge is 0.0794 e. The van der Waals surface area contributed by atoms with Crippen LogP contribution >= 0.6 is 0 Å². The van der Waals surface area contributed by atoms with Gasteiger partial charge in [0.2, 0.25) is 0 Å². The average Bonchev–Trinajstić information content (AvgIpc) is 3.61. The Labute approximate surface area is 260 Å². The van der Waals surface area contributed by atoms with Crippen molar-refractivity contribution in [3.05, 3.63) is 109 Å². The third kappa shape index (κ3) is 2.19. The van der Waals surface area contributed by atoms with Crippen molar-refractivity contribution in [1.82, 2.24) is 19.9 Å². The molecule has 0 spiro atoms. The summed E-state index contributed by atoms with van der Waals surface area (Å²) < 4.78 is 0. The van der Waals surface area contributed by atoms with Crippen molar-refractivity contribution in [2.75, 3.05) is 0 Å². The second kappa shape index (κ2) is 6.95. The first kappa shape index (κ1) is 22.5. The predicted molar refractivity (Wildman–Crippen MR) is 192 cm³/mol. The monoisotopic (exact) mass is 580 g/mol.